The molecule has 1 fully saturated rings. The number of oxazole rings is 1. The van der Waals surface area contributed by atoms with Gasteiger partial charge in [-0.2, -0.15) is 10.1 Å². The third-order valence-electron chi connectivity index (χ3n) is 5.79. The molecule has 0 saturated carbocycles. The first-order valence-corrected chi connectivity index (χ1v) is 11.1. The maximum atomic E-state index is 13.0. The summed E-state index contributed by atoms with van der Waals surface area (Å²) >= 11 is 0. The highest BCUT2D eigenvalue weighted by molar-refractivity contribution is 5.94. The third kappa shape index (κ3) is 4.18. The lowest BCUT2D eigenvalue weighted by atomic mass is 10.1. The van der Waals surface area contributed by atoms with E-state index in [4.69, 9.17) is 4.42 Å². The molecule has 4 heterocycles. The van der Waals surface area contributed by atoms with Crippen LogP contribution in [-0.2, 0) is 5.54 Å². The number of carbonyl (C=O) groups is 1. The summed E-state index contributed by atoms with van der Waals surface area (Å²) in [6.45, 7) is 10.7. The second-order valence-electron chi connectivity index (χ2n) is 9.31. The van der Waals surface area contributed by atoms with Gasteiger partial charge in [0.2, 0.25) is 5.65 Å². The predicted octanol–water partition coefficient (Wildman–Crippen LogP) is 3.51. The summed E-state index contributed by atoms with van der Waals surface area (Å²) in [5.74, 6) is 0.671. The Bertz CT molecular complexity index is 1290. The van der Waals surface area contributed by atoms with E-state index >= 15 is 0 Å². The standard InChI is InChI=1S/C24H27N7O2/c1-16-5-10-19-21(26-16)27-23(33-19)30-13-11-29(12-14-30)22(32)18-8-6-17(7-9-18)20-25-15-31(28-20)24(2,3)4/h5-10,15H,11-14H2,1-4H3. The van der Waals surface area contributed by atoms with Crippen LogP contribution >= 0.6 is 0 Å². The number of carbonyl (C=O) groups excluding carboxylic acids is 1. The summed E-state index contributed by atoms with van der Waals surface area (Å²) in [7, 11) is 0. The van der Waals surface area contributed by atoms with Gasteiger partial charge in [0.05, 0.1) is 5.54 Å². The molecule has 1 amide bonds. The molecule has 33 heavy (non-hydrogen) atoms. The maximum absolute atomic E-state index is 13.0. The molecule has 1 aliphatic heterocycles. The van der Waals surface area contributed by atoms with Crippen LogP contribution in [0.2, 0.25) is 0 Å². The van der Waals surface area contributed by atoms with Crippen molar-refractivity contribution in [2.45, 2.75) is 33.2 Å². The van der Waals surface area contributed by atoms with Gasteiger partial charge in [-0.15, -0.1) is 0 Å². The number of hydrogen-bond acceptors (Lipinski definition) is 7. The van der Waals surface area contributed by atoms with Gasteiger partial charge in [-0.3, -0.25) is 4.79 Å². The third-order valence-corrected chi connectivity index (χ3v) is 5.79. The first-order chi connectivity index (χ1) is 15.8. The Balaban J connectivity index is 1.23. The molecule has 0 aliphatic carbocycles. The first kappa shape index (κ1) is 21.1. The van der Waals surface area contributed by atoms with Crippen molar-refractivity contribution in [2.75, 3.05) is 31.1 Å². The zero-order valence-electron chi connectivity index (χ0n) is 19.3. The number of aryl methyl sites for hydroxylation is 1. The van der Waals surface area contributed by atoms with Crippen LogP contribution in [0.1, 0.15) is 36.8 Å². The average molecular weight is 446 g/mol. The molecule has 1 saturated heterocycles. The molecule has 170 valence electrons. The maximum Gasteiger partial charge on any atom is 0.300 e. The Labute approximate surface area is 192 Å². The SMILES string of the molecule is Cc1ccc2oc(N3CCN(C(=O)c4ccc(-c5ncn(C(C)(C)C)n5)cc4)CC3)nc2n1. The zero-order chi connectivity index (χ0) is 23.2. The minimum Gasteiger partial charge on any atom is -0.422 e. The van der Waals surface area contributed by atoms with Gasteiger partial charge in [0.15, 0.2) is 11.4 Å². The highest BCUT2D eigenvalue weighted by Crippen LogP contribution is 2.23. The quantitative estimate of drug-likeness (QED) is 0.476. The first-order valence-electron chi connectivity index (χ1n) is 11.1. The number of aromatic nitrogens is 5. The molecule has 0 bridgehead atoms. The molecule has 0 unspecified atom stereocenters. The highest BCUT2D eigenvalue weighted by atomic mass is 16.4. The second kappa shape index (κ2) is 7.99. The molecule has 3 aromatic heterocycles. The minimum atomic E-state index is -0.128. The van der Waals surface area contributed by atoms with Crippen LogP contribution in [0.15, 0.2) is 47.1 Å². The van der Waals surface area contributed by atoms with Gasteiger partial charge < -0.3 is 14.2 Å². The molecule has 9 heteroatoms. The van der Waals surface area contributed by atoms with Crippen molar-refractivity contribution < 1.29 is 9.21 Å². The van der Waals surface area contributed by atoms with E-state index in [1.54, 1.807) is 6.33 Å². The van der Waals surface area contributed by atoms with Gasteiger partial charge in [-0.05, 0) is 52.0 Å². The minimum absolute atomic E-state index is 0.0178. The van der Waals surface area contributed by atoms with Gasteiger partial charge in [0, 0.05) is 43.0 Å². The van der Waals surface area contributed by atoms with Gasteiger partial charge in [0.25, 0.3) is 11.9 Å². The topological polar surface area (TPSA) is 93.2 Å². The van der Waals surface area contributed by atoms with Crippen molar-refractivity contribution in [1.29, 1.82) is 0 Å². The van der Waals surface area contributed by atoms with Crippen LogP contribution in [0.3, 0.4) is 0 Å². The van der Waals surface area contributed by atoms with Crippen LogP contribution in [0.25, 0.3) is 22.6 Å². The van der Waals surface area contributed by atoms with Gasteiger partial charge in [0.1, 0.15) is 6.33 Å². The largest absolute Gasteiger partial charge is 0.422 e. The summed E-state index contributed by atoms with van der Waals surface area (Å²) in [5.41, 5.74) is 3.61. The van der Waals surface area contributed by atoms with E-state index in [1.165, 1.54) is 0 Å². The monoisotopic (exact) mass is 445 g/mol. The Morgan fingerprint density at radius 3 is 2.36 bits per heavy atom. The van der Waals surface area contributed by atoms with Gasteiger partial charge in [-0.1, -0.05) is 12.1 Å². The van der Waals surface area contributed by atoms with E-state index in [2.05, 4.69) is 45.7 Å². The Hall–Kier alpha value is -3.75. The smallest absolute Gasteiger partial charge is 0.300 e. The lowest BCUT2D eigenvalue weighted by molar-refractivity contribution is 0.0745. The van der Waals surface area contributed by atoms with Gasteiger partial charge >= 0.3 is 0 Å². The van der Waals surface area contributed by atoms with Crippen LogP contribution in [-0.4, -0.2) is 61.7 Å². The van der Waals surface area contributed by atoms with E-state index in [-0.39, 0.29) is 11.4 Å². The van der Waals surface area contributed by atoms with Crippen LogP contribution in [0, 0.1) is 6.92 Å². The molecular weight excluding hydrogens is 418 g/mol. The molecule has 9 nitrogen and oxygen atoms in total. The molecule has 1 aliphatic rings. The number of pyridine rings is 1. The number of fused-ring (bicyclic) bond motifs is 1. The van der Waals surface area contributed by atoms with E-state index in [9.17, 15) is 4.79 Å². The molecule has 0 radical (unpaired) electrons. The van der Waals surface area contributed by atoms with Crippen LogP contribution in [0.5, 0.6) is 0 Å². The van der Waals surface area contributed by atoms with E-state index < -0.39 is 0 Å². The molecule has 0 atom stereocenters. The second-order valence-corrected chi connectivity index (χ2v) is 9.31. The Morgan fingerprint density at radius 1 is 0.970 bits per heavy atom. The fraction of sp³-hybridized carbons (Fsp3) is 0.375. The zero-order valence-corrected chi connectivity index (χ0v) is 19.3. The summed E-state index contributed by atoms with van der Waals surface area (Å²) in [4.78, 5) is 30.3. The fourth-order valence-corrected chi connectivity index (χ4v) is 3.80. The normalized spacial score (nSPS) is 14.8. The van der Waals surface area contributed by atoms with Crippen molar-refractivity contribution >= 4 is 23.2 Å². The molecule has 4 aromatic rings. The lowest BCUT2D eigenvalue weighted by Gasteiger charge is -2.33. The van der Waals surface area contributed by atoms with Crippen molar-refractivity contribution in [2.24, 2.45) is 0 Å². The molecule has 0 spiro atoms. The van der Waals surface area contributed by atoms with E-state index in [1.807, 2.05) is 52.9 Å². The van der Waals surface area contributed by atoms with Gasteiger partial charge in [-0.25, -0.2) is 14.6 Å². The van der Waals surface area contributed by atoms with Crippen molar-refractivity contribution in [3.8, 4) is 11.4 Å². The number of amides is 1. The van der Waals surface area contributed by atoms with Crippen molar-refractivity contribution in [3.63, 3.8) is 0 Å². The summed E-state index contributed by atoms with van der Waals surface area (Å²) in [6, 6.07) is 11.8. The number of hydrogen-bond donors (Lipinski definition) is 0. The molecular formula is C24H27N7O2. The average Bonchev–Trinajstić information content (AvgIpc) is 3.46. The highest BCUT2D eigenvalue weighted by Gasteiger charge is 2.25. The number of piperazine rings is 1. The van der Waals surface area contributed by atoms with E-state index in [0.29, 0.717) is 54.8 Å². The Kier molecular flexibility index (Phi) is 5.11. The number of benzene rings is 1. The summed E-state index contributed by atoms with van der Waals surface area (Å²) in [6.07, 6.45) is 1.74. The number of rotatable bonds is 3. The Morgan fingerprint density at radius 2 is 1.70 bits per heavy atom. The number of anilines is 1. The van der Waals surface area contributed by atoms with E-state index in [0.717, 1.165) is 11.3 Å². The fourth-order valence-electron chi connectivity index (χ4n) is 3.80. The van der Waals surface area contributed by atoms with Crippen molar-refractivity contribution in [1.82, 2.24) is 29.6 Å². The van der Waals surface area contributed by atoms with Crippen LogP contribution in [0.4, 0.5) is 6.01 Å². The molecule has 0 N–H and O–H groups in total. The predicted molar refractivity (Wildman–Crippen MR) is 125 cm³/mol. The molecule has 5 rings (SSSR count). The summed E-state index contributed by atoms with van der Waals surface area (Å²) in [5, 5.41) is 4.56. The number of nitrogens with zero attached hydrogens (tertiary/aromatic N) is 7. The summed E-state index contributed by atoms with van der Waals surface area (Å²) < 4.78 is 7.70. The lowest BCUT2D eigenvalue weighted by Crippen LogP contribution is -2.48. The molecule has 1 aromatic carbocycles. The van der Waals surface area contributed by atoms with Crippen LogP contribution < -0.4 is 4.90 Å². The van der Waals surface area contributed by atoms with Crippen molar-refractivity contribution in [3.05, 3.63) is 54.0 Å².